The van der Waals surface area contributed by atoms with Gasteiger partial charge in [-0.15, -0.1) is 11.3 Å². The van der Waals surface area contributed by atoms with Crippen LogP contribution in [-0.2, 0) is 13.0 Å². The zero-order valence-corrected chi connectivity index (χ0v) is 13.9. The van der Waals surface area contributed by atoms with E-state index in [1.807, 2.05) is 18.4 Å². The molecule has 1 rings (SSSR count). The highest BCUT2D eigenvalue weighted by Crippen LogP contribution is 2.28. The molecule has 1 aromatic heterocycles. The molecule has 0 aliphatic heterocycles. The van der Waals surface area contributed by atoms with Gasteiger partial charge in [0.2, 0.25) is 0 Å². The molecule has 0 aromatic carbocycles. The molecule has 3 nitrogen and oxygen atoms in total. The van der Waals surface area contributed by atoms with E-state index >= 15 is 0 Å². The standard InChI is InChI=1S/C15H29N3S/c1-6-9-13-14(10-16-5)19-15(17-13)18(8-3)11-12(4)7-2/h12,16H,6-11H2,1-5H3. The molecule has 1 aromatic rings. The average molecular weight is 283 g/mol. The summed E-state index contributed by atoms with van der Waals surface area (Å²) in [7, 11) is 2.01. The van der Waals surface area contributed by atoms with Crippen LogP contribution in [0.25, 0.3) is 0 Å². The minimum Gasteiger partial charge on any atom is -0.348 e. The van der Waals surface area contributed by atoms with Crippen LogP contribution < -0.4 is 10.2 Å². The largest absolute Gasteiger partial charge is 0.348 e. The lowest BCUT2D eigenvalue weighted by atomic mass is 10.1. The van der Waals surface area contributed by atoms with Crippen LogP contribution in [0.2, 0.25) is 0 Å². The monoisotopic (exact) mass is 283 g/mol. The third-order valence-corrected chi connectivity index (χ3v) is 4.63. The summed E-state index contributed by atoms with van der Waals surface area (Å²) in [5, 5.41) is 4.46. The highest BCUT2D eigenvalue weighted by Gasteiger charge is 2.16. The Bertz CT molecular complexity index is 339. The predicted molar refractivity (Wildman–Crippen MR) is 86.2 cm³/mol. The Kier molecular flexibility index (Phi) is 7.39. The van der Waals surface area contributed by atoms with Crippen LogP contribution in [0.3, 0.4) is 0 Å². The fraction of sp³-hybridized carbons (Fsp3) is 0.800. The normalized spacial score (nSPS) is 12.7. The van der Waals surface area contributed by atoms with Crippen molar-refractivity contribution >= 4 is 16.5 Å². The van der Waals surface area contributed by atoms with E-state index in [1.54, 1.807) is 0 Å². The molecule has 1 heterocycles. The maximum absolute atomic E-state index is 4.88. The number of anilines is 1. The van der Waals surface area contributed by atoms with Crippen LogP contribution in [0.1, 0.15) is 51.1 Å². The molecule has 4 heteroatoms. The molecular formula is C15H29N3S. The van der Waals surface area contributed by atoms with E-state index in [0.717, 1.165) is 38.4 Å². The number of hydrogen-bond donors (Lipinski definition) is 1. The smallest absolute Gasteiger partial charge is 0.185 e. The molecule has 0 saturated heterocycles. The molecule has 0 bridgehead atoms. The van der Waals surface area contributed by atoms with Gasteiger partial charge in [-0.1, -0.05) is 33.6 Å². The van der Waals surface area contributed by atoms with Crippen LogP contribution in [0.15, 0.2) is 0 Å². The first kappa shape index (κ1) is 16.4. The molecule has 0 spiro atoms. The zero-order valence-electron chi connectivity index (χ0n) is 13.1. The molecule has 1 unspecified atom stereocenters. The first-order valence-corrected chi connectivity index (χ1v) is 8.35. The number of aryl methyl sites for hydroxylation is 1. The Morgan fingerprint density at radius 3 is 2.58 bits per heavy atom. The lowest BCUT2D eigenvalue weighted by Gasteiger charge is -2.23. The van der Waals surface area contributed by atoms with Gasteiger partial charge in [0.05, 0.1) is 5.69 Å². The van der Waals surface area contributed by atoms with Crippen LogP contribution in [0.5, 0.6) is 0 Å². The SMILES string of the molecule is CCCc1nc(N(CC)CC(C)CC)sc1CNC. The average Bonchev–Trinajstić information content (AvgIpc) is 2.79. The maximum atomic E-state index is 4.88. The van der Waals surface area contributed by atoms with Crippen molar-refractivity contribution in [1.29, 1.82) is 0 Å². The van der Waals surface area contributed by atoms with Gasteiger partial charge < -0.3 is 10.2 Å². The van der Waals surface area contributed by atoms with Crippen molar-refractivity contribution < 1.29 is 0 Å². The van der Waals surface area contributed by atoms with E-state index in [-0.39, 0.29) is 0 Å². The number of rotatable bonds is 9. The lowest BCUT2D eigenvalue weighted by Crippen LogP contribution is -2.27. The number of nitrogens with zero attached hydrogens (tertiary/aromatic N) is 2. The molecule has 19 heavy (non-hydrogen) atoms. The molecule has 1 N–H and O–H groups in total. The topological polar surface area (TPSA) is 28.2 Å². The van der Waals surface area contributed by atoms with Crippen LogP contribution >= 0.6 is 11.3 Å². The number of aromatic nitrogens is 1. The van der Waals surface area contributed by atoms with Gasteiger partial charge in [0.25, 0.3) is 0 Å². The fourth-order valence-electron chi connectivity index (χ4n) is 2.08. The van der Waals surface area contributed by atoms with E-state index < -0.39 is 0 Å². The molecule has 110 valence electrons. The van der Waals surface area contributed by atoms with Gasteiger partial charge in [-0.05, 0) is 26.3 Å². The van der Waals surface area contributed by atoms with Gasteiger partial charge in [0.1, 0.15) is 0 Å². The Morgan fingerprint density at radius 1 is 1.32 bits per heavy atom. The van der Waals surface area contributed by atoms with Gasteiger partial charge in [-0.2, -0.15) is 0 Å². The fourth-order valence-corrected chi connectivity index (χ4v) is 3.27. The van der Waals surface area contributed by atoms with Gasteiger partial charge in [0.15, 0.2) is 5.13 Å². The number of hydrogen-bond acceptors (Lipinski definition) is 4. The number of thiazole rings is 1. The first-order chi connectivity index (χ1) is 9.15. The van der Waals surface area contributed by atoms with E-state index in [2.05, 4.69) is 37.9 Å². The second kappa shape index (κ2) is 8.54. The summed E-state index contributed by atoms with van der Waals surface area (Å²) in [5.74, 6) is 0.728. The summed E-state index contributed by atoms with van der Waals surface area (Å²) in [4.78, 5) is 8.71. The summed E-state index contributed by atoms with van der Waals surface area (Å²) in [6.45, 7) is 12.1. The minimum absolute atomic E-state index is 0.728. The van der Waals surface area contributed by atoms with Gasteiger partial charge in [-0.3, -0.25) is 0 Å². The summed E-state index contributed by atoms with van der Waals surface area (Å²) in [6, 6.07) is 0. The van der Waals surface area contributed by atoms with Crippen molar-refractivity contribution in [3.05, 3.63) is 10.6 Å². The summed E-state index contributed by atoms with van der Waals surface area (Å²) < 4.78 is 0. The third-order valence-electron chi connectivity index (χ3n) is 3.47. The Hall–Kier alpha value is -0.610. The second-order valence-corrected chi connectivity index (χ2v) is 6.26. The Balaban J connectivity index is 2.87. The molecule has 1 atom stereocenters. The van der Waals surface area contributed by atoms with E-state index in [4.69, 9.17) is 4.98 Å². The molecule has 0 radical (unpaired) electrons. The van der Waals surface area contributed by atoms with Crippen molar-refractivity contribution in [3.63, 3.8) is 0 Å². The zero-order chi connectivity index (χ0) is 14.3. The van der Waals surface area contributed by atoms with E-state index in [1.165, 1.54) is 22.1 Å². The quantitative estimate of drug-likeness (QED) is 0.749. The summed E-state index contributed by atoms with van der Waals surface area (Å²) in [6.07, 6.45) is 3.48. The summed E-state index contributed by atoms with van der Waals surface area (Å²) >= 11 is 1.86. The van der Waals surface area contributed by atoms with Gasteiger partial charge in [0, 0.05) is 24.5 Å². The lowest BCUT2D eigenvalue weighted by molar-refractivity contribution is 0.547. The highest BCUT2D eigenvalue weighted by molar-refractivity contribution is 7.15. The van der Waals surface area contributed by atoms with Crippen molar-refractivity contribution in [2.45, 2.75) is 53.5 Å². The van der Waals surface area contributed by atoms with Crippen LogP contribution in [0, 0.1) is 5.92 Å². The van der Waals surface area contributed by atoms with Gasteiger partial charge in [-0.25, -0.2) is 4.98 Å². The molecular weight excluding hydrogens is 254 g/mol. The van der Waals surface area contributed by atoms with Crippen LogP contribution in [0.4, 0.5) is 5.13 Å². The highest BCUT2D eigenvalue weighted by atomic mass is 32.1. The minimum atomic E-state index is 0.728. The third kappa shape index (κ3) is 4.77. The van der Waals surface area contributed by atoms with Crippen LogP contribution in [-0.4, -0.2) is 25.1 Å². The summed E-state index contributed by atoms with van der Waals surface area (Å²) in [5.41, 5.74) is 1.29. The molecule has 0 aliphatic rings. The molecule has 0 amide bonds. The molecule has 0 aliphatic carbocycles. The second-order valence-electron chi connectivity index (χ2n) is 5.20. The van der Waals surface area contributed by atoms with Crippen molar-refractivity contribution in [3.8, 4) is 0 Å². The first-order valence-electron chi connectivity index (χ1n) is 7.54. The molecule has 0 saturated carbocycles. The van der Waals surface area contributed by atoms with Crippen molar-refractivity contribution in [1.82, 2.24) is 10.3 Å². The maximum Gasteiger partial charge on any atom is 0.185 e. The van der Waals surface area contributed by atoms with Gasteiger partial charge >= 0.3 is 0 Å². The molecule has 0 fully saturated rings. The Labute approximate surface area is 122 Å². The predicted octanol–water partition coefficient (Wildman–Crippen LogP) is 3.69. The van der Waals surface area contributed by atoms with Crippen molar-refractivity contribution in [2.24, 2.45) is 5.92 Å². The van der Waals surface area contributed by atoms with E-state index in [0.29, 0.717) is 0 Å². The van der Waals surface area contributed by atoms with Crippen molar-refractivity contribution in [2.75, 3.05) is 25.0 Å². The number of nitrogens with one attached hydrogen (secondary N) is 1. The Morgan fingerprint density at radius 2 is 2.05 bits per heavy atom. The van der Waals surface area contributed by atoms with E-state index in [9.17, 15) is 0 Å².